The number of carbonyl (C=O) groups is 1. The van der Waals surface area contributed by atoms with Gasteiger partial charge < -0.3 is 5.32 Å². The minimum atomic E-state index is 0.0345. The number of thiazole rings is 1. The fraction of sp³-hybridized carbons (Fsp3) is 0.231. The molecule has 1 aromatic carbocycles. The van der Waals surface area contributed by atoms with Crippen LogP contribution in [0.25, 0.3) is 0 Å². The van der Waals surface area contributed by atoms with Crippen LogP contribution < -0.4 is 5.32 Å². The first-order valence-corrected chi connectivity index (χ1v) is 6.38. The zero-order valence-corrected chi connectivity index (χ0v) is 10.5. The maximum atomic E-state index is 11.7. The van der Waals surface area contributed by atoms with Crippen molar-refractivity contribution >= 4 is 17.2 Å². The summed E-state index contributed by atoms with van der Waals surface area (Å²) < 4.78 is 0. The molecule has 0 aliphatic carbocycles. The van der Waals surface area contributed by atoms with Gasteiger partial charge in [-0.25, -0.2) is 4.98 Å². The van der Waals surface area contributed by atoms with Crippen molar-refractivity contribution in [2.24, 2.45) is 0 Å². The Morgan fingerprint density at radius 1 is 1.41 bits per heavy atom. The summed E-state index contributed by atoms with van der Waals surface area (Å²) in [6.45, 7) is 2.53. The number of benzene rings is 1. The molecule has 0 spiro atoms. The lowest BCUT2D eigenvalue weighted by atomic mass is 10.1. The smallest absolute Gasteiger partial charge is 0.224 e. The SMILES string of the molecule is Cc1ccccc1CC(=O)NCc1cscn1. The second-order valence-electron chi connectivity index (χ2n) is 3.86. The lowest BCUT2D eigenvalue weighted by Crippen LogP contribution is -2.24. The fourth-order valence-corrected chi connectivity index (χ4v) is 2.12. The molecular weight excluding hydrogens is 232 g/mol. The predicted molar refractivity (Wildman–Crippen MR) is 68.8 cm³/mol. The molecule has 2 aromatic rings. The van der Waals surface area contributed by atoms with E-state index in [1.54, 1.807) is 5.51 Å². The highest BCUT2D eigenvalue weighted by Gasteiger charge is 2.05. The van der Waals surface area contributed by atoms with E-state index in [2.05, 4.69) is 10.3 Å². The summed E-state index contributed by atoms with van der Waals surface area (Å²) in [5, 5.41) is 4.80. The van der Waals surface area contributed by atoms with Gasteiger partial charge in [-0.15, -0.1) is 11.3 Å². The number of aryl methyl sites for hydroxylation is 1. The minimum Gasteiger partial charge on any atom is -0.350 e. The summed E-state index contributed by atoms with van der Waals surface area (Å²) in [4.78, 5) is 15.8. The summed E-state index contributed by atoms with van der Waals surface area (Å²) >= 11 is 1.54. The topological polar surface area (TPSA) is 42.0 Å². The van der Waals surface area contributed by atoms with E-state index < -0.39 is 0 Å². The van der Waals surface area contributed by atoms with E-state index >= 15 is 0 Å². The Kier molecular flexibility index (Phi) is 3.88. The Morgan fingerprint density at radius 2 is 2.24 bits per heavy atom. The van der Waals surface area contributed by atoms with Crippen LogP contribution in [0, 0.1) is 6.92 Å². The Hall–Kier alpha value is -1.68. The molecule has 0 atom stereocenters. The zero-order valence-electron chi connectivity index (χ0n) is 9.64. The highest BCUT2D eigenvalue weighted by Crippen LogP contribution is 2.07. The van der Waals surface area contributed by atoms with E-state index in [0.717, 1.165) is 16.8 Å². The Bertz CT molecular complexity index is 494. The van der Waals surface area contributed by atoms with E-state index in [1.165, 1.54) is 11.3 Å². The molecule has 0 bridgehead atoms. The van der Waals surface area contributed by atoms with Gasteiger partial charge in [0.25, 0.3) is 0 Å². The number of amides is 1. The summed E-state index contributed by atoms with van der Waals surface area (Å²) in [5.74, 6) is 0.0345. The van der Waals surface area contributed by atoms with Gasteiger partial charge in [-0.3, -0.25) is 4.79 Å². The standard InChI is InChI=1S/C13H14N2OS/c1-10-4-2-3-5-11(10)6-13(16)14-7-12-8-17-9-15-12/h2-5,8-9H,6-7H2,1H3,(H,14,16). The van der Waals surface area contributed by atoms with Gasteiger partial charge in [-0.05, 0) is 18.1 Å². The van der Waals surface area contributed by atoms with Gasteiger partial charge >= 0.3 is 0 Å². The van der Waals surface area contributed by atoms with Gasteiger partial charge in [0, 0.05) is 5.38 Å². The van der Waals surface area contributed by atoms with E-state index in [9.17, 15) is 4.79 Å². The van der Waals surface area contributed by atoms with Crippen LogP contribution in [0.5, 0.6) is 0 Å². The first-order valence-electron chi connectivity index (χ1n) is 5.44. The number of hydrogen-bond donors (Lipinski definition) is 1. The van der Waals surface area contributed by atoms with Crippen LogP contribution in [0.3, 0.4) is 0 Å². The summed E-state index contributed by atoms with van der Waals surface area (Å²) in [6.07, 6.45) is 0.427. The van der Waals surface area contributed by atoms with Crippen LogP contribution in [0.4, 0.5) is 0 Å². The monoisotopic (exact) mass is 246 g/mol. The van der Waals surface area contributed by atoms with E-state index in [1.807, 2.05) is 36.6 Å². The maximum absolute atomic E-state index is 11.7. The molecular formula is C13H14N2OS. The molecule has 1 N–H and O–H groups in total. The third kappa shape index (κ3) is 3.39. The van der Waals surface area contributed by atoms with Crippen molar-refractivity contribution < 1.29 is 4.79 Å². The molecule has 0 saturated heterocycles. The molecule has 1 heterocycles. The molecule has 2 rings (SSSR count). The second kappa shape index (κ2) is 5.59. The van der Waals surface area contributed by atoms with Gasteiger partial charge in [0.2, 0.25) is 5.91 Å². The van der Waals surface area contributed by atoms with E-state index in [4.69, 9.17) is 0 Å². The Morgan fingerprint density at radius 3 is 2.94 bits per heavy atom. The molecule has 0 fully saturated rings. The number of nitrogens with zero attached hydrogens (tertiary/aromatic N) is 1. The number of rotatable bonds is 4. The molecule has 17 heavy (non-hydrogen) atoms. The van der Waals surface area contributed by atoms with Gasteiger partial charge in [-0.2, -0.15) is 0 Å². The lowest BCUT2D eigenvalue weighted by molar-refractivity contribution is -0.120. The van der Waals surface area contributed by atoms with E-state index in [0.29, 0.717) is 13.0 Å². The predicted octanol–water partition coefficient (Wildman–Crippen LogP) is 2.31. The third-order valence-electron chi connectivity index (χ3n) is 2.56. The summed E-state index contributed by atoms with van der Waals surface area (Å²) in [5.41, 5.74) is 4.90. The van der Waals surface area contributed by atoms with E-state index in [-0.39, 0.29) is 5.91 Å². The first kappa shape index (κ1) is 11.8. The molecule has 3 nitrogen and oxygen atoms in total. The van der Waals surface area contributed by atoms with Crippen LogP contribution >= 0.6 is 11.3 Å². The van der Waals surface area contributed by atoms with Gasteiger partial charge in [0.15, 0.2) is 0 Å². The van der Waals surface area contributed by atoms with Crippen molar-refractivity contribution in [1.29, 1.82) is 0 Å². The molecule has 1 amide bonds. The first-order chi connectivity index (χ1) is 8.25. The molecule has 0 unspecified atom stereocenters. The Labute approximate surface area is 105 Å². The molecule has 1 aromatic heterocycles. The molecule has 88 valence electrons. The highest BCUT2D eigenvalue weighted by atomic mass is 32.1. The fourth-order valence-electron chi connectivity index (χ4n) is 1.56. The number of carbonyl (C=O) groups excluding carboxylic acids is 1. The van der Waals surface area contributed by atoms with Crippen molar-refractivity contribution in [1.82, 2.24) is 10.3 Å². The molecule has 4 heteroatoms. The van der Waals surface area contributed by atoms with Crippen LogP contribution in [0.15, 0.2) is 35.2 Å². The van der Waals surface area contributed by atoms with Crippen molar-refractivity contribution in [2.45, 2.75) is 19.9 Å². The maximum Gasteiger partial charge on any atom is 0.224 e. The molecule has 0 aliphatic rings. The van der Waals surface area contributed by atoms with Crippen LogP contribution in [0.2, 0.25) is 0 Å². The minimum absolute atomic E-state index is 0.0345. The lowest BCUT2D eigenvalue weighted by Gasteiger charge is -2.06. The van der Waals surface area contributed by atoms with Crippen LogP contribution in [-0.4, -0.2) is 10.9 Å². The number of nitrogens with one attached hydrogen (secondary N) is 1. The largest absolute Gasteiger partial charge is 0.350 e. The van der Waals surface area contributed by atoms with Gasteiger partial charge in [0.05, 0.1) is 24.2 Å². The number of aromatic nitrogens is 1. The Balaban J connectivity index is 1.87. The van der Waals surface area contributed by atoms with Gasteiger partial charge in [0.1, 0.15) is 0 Å². The molecule has 0 aliphatic heterocycles. The molecule has 0 radical (unpaired) electrons. The number of hydrogen-bond acceptors (Lipinski definition) is 3. The normalized spacial score (nSPS) is 10.2. The second-order valence-corrected chi connectivity index (χ2v) is 4.58. The van der Waals surface area contributed by atoms with Crippen LogP contribution in [-0.2, 0) is 17.8 Å². The van der Waals surface area contributed by atoms with Crippen molar-refractivity contribution in [2.75, 3.05) is 0 Å². The van der Waals surface area contributed by atoms with Gasteiger partial charge in [-0.1, -0.05) is 24.3 Å². The van der Waals surface area contributed by atoms with Crippen molar-refractivity contribution in [3.8, 4) is 0 Å². The highest BCUT2D eigenvalue weighted by molar-refractivity contribution is 7.07. The quantitative estimate of drug-likeness (QED) is 0.899. The molecule has 0 saturated carbocycles. The average molecular weight is 246 g/mol. The van der Waals surface area contributed by atoms with Crippen molar-refractivity contribution in [3.63, 3.8) is 0 Å². The third-order valence-corrected chi connectivity index (χ3v) is 3.20. The zero-order chi connectivity index (χ0) is 12.1. The average Bonchev–Trinajstić information content (AvgIpc) is 2.82. The van der Waals surface area contributed by atoms with Crippen molar-refractivity contribution in [3.05, 3.63) is 52.0 Å². The summed E-state index contributed by atoms with van der Waals surface area (Å²) in [7, 11) is 0. The summed E-state index contributed by atoms with van der Waals surface area (Å²) in [6, 6.07) is 7.93. The van der Waals surface area contributed by atoms with Crippen LogP contribution in [0.1, 0.15) is 16.8 Å².